The minimum atomic E-state index is -1.62. The first-order chi connectivity index (χ1) is 7.07. The fourth-order valence-corrected chi connectivity index (χ4v) is 1.04. The smallest absolute Gasteiger partial charge is 0.264 e. The van der Waals surface area contributed by atoms with Crippen LogP contribution >= 0.6 is 0 Å². The quantitative estimate of drug-likeness (QED) is 0.755. The molecule has 15 heavy (non-hydrogen) atoms. The summed E-state index contributed by atoms with van der Waals surface area (Å²) in [6.07, 6.45) is 4.20. The van der Waals surface area contributed by atoms with Crippen molar-refractivity contribution in [3.63, 3.8) is 0 Å². The maximum absolute atomic E-state index is 13.4. The van der Waals surface area contributed by atoms with Crippen LogP contribution in [-0.4, -0.2) is 15.1 Å². The molecule has 0 atom stereocenters. The van der Waals surface area contributed by atoms with Gasteiger partial charge in [-0.25, -0.2) is 4.39 Å². The van der Waals surface area contributed by atoms with Crippen LogP contribution in [0.2, 0.25) is 0 Å². The Labute approximate surface area is 86.2 Å². The number of alkyl halides is 1. The number of nitrogens with zero attached hydrogens (tertiary/aromatic N) is 3. The molecule has 2 heterocycles. The third-order valence-corrected chi connectivity index (χ3v) is 1.82. The molecule has 2 aromatic rings. The van der Waals surface area contributed by atoms with Gasteiger partial charge in [0.15, 0.2) is 5.67 Å². The first-order valence-corrected chi connectivity index (χ1v) is 4.43. The first kappa shape index (κ1) is 9.76. The van der Waals surface area contributed by atoms with Crippen molar-refractivity contribution in [2.75, 3.05) is 0 Å². The summed E-state index contributed by atoms with van der Waals surface area (Å²) >= 11 is 0. The Morgan fingerprint density at radius 3 is 2.80 bits per heavy atom. The highest BCUT2D eigenvalue weighted by atomic mass is 19.1. The Bertz CT molecular complexity index is 447. The summed E-state index contributed by atoms with van der Waals surface area (Å²) in [7, 11) is 0. The van der Waals surface area contributed by atoms with Crippen molar-refractivity contribution in [2.24, 2.45) is 0 Å². The Hall–Kier alpha value is -1.78. The van der Waals surface area contributed by atoms with E-state index in [0.29, 0.717) is 11.4 Å². The molecule has 0 aromatic carbocycles. The van der Waals surface area contributed by atoms with Gasteiger partial charge in [0.1, 0.15) is 0 Å². The summed E-state index contributed by atoms with van der Waals surface area (Å²) in [4.78, 5) is 7.69. The van der Waals surface area contributed by atoms with Gasteiger partial charge in [-0.2, -0.15) is 4.98 Å². The van der Waals surface area contributed by atoms with Gasteiger partial charge in [-0.05, 0) is 26.0 Å². The maximum Gasteiger partial charge on any atom is 0.264 e. The van der Waals surface area contributed by atoms with Crippen LogP contribution in [0, 0.1) is 6.20 Å². The Balaban J connectivity index is 2.37. The molecule has 0 fully saturated rings. The molecule has 0 amide bonds. The second-order valence-corrected chi connectivity index (χ2v) is 3.57. The van der Waals surface area contributed by atoms with Gasteiger partial charge in [0.05, 0.1) is 6.20 Å². The SMILES string of the molecule is CC(C)(F)c1nc(-c2c[c]ncc2)no1. The summed E-state index contributed by atoms with van der Waals surface area (Å²) in [6, 6.07) is 3.32. The van der Waals surface area contributed by atoms with Gasteiger partial charge in [-0.15, -0.1) is 0 Å². The van der Waals surface area contributed by atoms with Gasteiger partial charge in [-0.1, -0.05) is 5.16 Å². The lowest BCUT2D eigenvalue weighted by atomic mass is 10.2. The highest BCUT2D eigenvalue weighted by molar-refractivity contribution is 5.52. The second kappa shape index (κ2) is 3.42. The average Bonchev–Trinajstić information content (AvgIpc) is 2.67. The second-order valence-electron chi connectivity index (χ2n) is 3.57. The third-order valence-electron chi connectivity index (χ3n) is 1.82. The normalized spacial score (nSPS) is 11.7. The first-order valence-electron chi connectivity index (χ1n) is 4.43. The number of aromatic nitrogens is 3. The van der Waals surface area contributed by atoms with Crippen molar-refractivity contribution in [3.8, 4) is 11.4 Å². The molecule has 0 saturated heterocycles. The summed E-state index contributed by atoms with van der Waals surface area (Å²) < 4.78 is 18.2. The average molecular weight is 206 g/mol. The lowest BCUT2D eigenvalue weighted by Crippen LogP contribution is -2.09. The van der Waals surface area contributed by atoms with E-state index in [1.54, 1.807) is 18.3 Å². The molecule has 0 bridgehead atoms. The van der Waals surface area contributed by atoms with Crippen LogP contribution in [0.4, 0.5) is 4.39 Å². The monoisotopic (exact) mass is 206 g/mol. The van der Waals surface area contributed by atoms with Crippen molar-refractivity contribution in [2.45, 2.75) is 19.5 Å². The van der Waals surface area contributed by atoms with E-state index in [1.165, 1.54) is 13.8 Å². The van der Waals surface area contributed by atoms with Crippen molar-refractivity contribution in [1.29, 1.82) is 0 Å². The highest BCUT2D eigenvalue weighted by Crippen LogP contribution is 2.24. The van der Waals surface area contributed by atoms with Crippen molar-refractivity contribution in [1.82, 2.24) is 15.1 Å². The fourth-order valence-electron chi connectivity index (χ4n) is 1.04. The zero-order valence-corrected chi connectivity index (χ0v) is 8.36. The Morgan fingerprint density at radius 1 is 1.47 bits per heavy atom. The van der Waals surface area contributed by atoms with Gasteiger partial charge < -0.3 is 4.52 Å². The van der Waals surface area contributed by atoms with Crippen LogP contribution in [0.15, 0.2) is 22.9 Å². The maximum atomic E-state index is 13.4. The Morgan fingerprint density at radius 2 is 2.27 bits per heavy atom. The van der Waals surface area contributed by atoms with Gasteiger partial charge in [0, 0.05) is 11.8 Å². The zero-order chi connectivity index (χ0) is 10.9. The van der Waals surface area contributed by atoms with E-state index in [9.17, 15) is 4.39 Å². The molecule has 0 N–H and O–H groups in total. The molecule has 0 saturated carbocycles. The Kier molecular flexibility index (Phi) is 2.22. The lowest BCUT2D eigenvalue weighted by molar-refractivity contribution is 0.155. The molecule has 0 unspecified atom stereocenters. The number of halogens is 1. The minimum Gasteiger partial charge on any atom is -0.335 e. The van der Waals surface area contributed by atoms with Crippen LogP contribution < -0.4 is 0 Å². The van der Waals surface area contributed by atoms with Gasteiger partial charge in [0.2, 0.25) is 5.82 Å². The molecule has 5 heteroatoms. The van der Waals surface area contributed by atoms with Crippen LogP contribution in [-0.2, 0) is 5.67 Å². The number of pyridine rings is 1. The van der Waals surface area contributed by atoms with Gasteiger partial charge in [-0.3, -0.25) is 4.98 Å². The molecular weight excluding hydrogens is 197 g/mol. The molecule has 1 radical (unpaired) electrons. The molecule has 2 aromatic heterocycles. The predicted molar refractivity (Wildman–Crippen MR) is 50.5 cm³/mol. The van der Waals surface area contributed by atoms with Gasteiger partial charge >= 0.3 is 0 Å². The third kappa shape index (κ3) is 2.01. The molecule has 4 nitrogen and oxygen atoms in total. The van der Waals surface area contributed by atoms with E-state index in [2.05, 4.69) is 21.3 Å². The standard InChI is InChI=1S/C10H9FN3O/c1-10(2,11)9-13-8(14-15-9)7-3-5-12-6-4-7/h3-5H,1-2H3. The molecule has 0 spiro atoms. The predicted octanol–water partition coefficient (Wildman–Crippen LogP) is 2.14. The van der Waals surface area contributed by atoms with Crippen LogP contribution in [0.1, 0.15) is 19.7 Å². The number of hydrogen-bond acceptors (Lipinski definition) is 4. The van der Waals surface area contributed by atoms with Crippen LogP contribution in [0.3, 0.4) is 0 Å². The van der Waals surface area contributed by atoms with E-state index in [0.717, 1.165) is 0 Å². The summed E-state index contributed by atoms with van der Waals surface area (Å²) in [6.45, 7) is 2.73. The van der Waals surface area contributed by atoms with Crippen molar-refractivity contribution < 1.29 is 8.91 Å². The van der Waals surface area contributed by atoms with Crippen molar-refractivity contribution >= 4 is 0 Å². The number of hydrogen-bond donors (Lipinski definition) is 0. The van der Waals surface area contributed by atoms with Crippen LogP contribution in [0.25, 0.3) is 11.4 Å². The molecule has 2 rings (SSSR count). The zero-order valence-electron chi connectivity index (χ0n) is 8.36. The molecule has 77 valence electrons. The van der Waals surface area contributed by atoms with E-state index >= 15 is 0 Å². The summed E-state index contributed by atoms with van der Waals surface area (Å²) in [5.74, 6) is 0.309. The van der Waals surface area contributed by atoms with Crippen molar-refractivity contribution in [3.05, 3.63) is 30.4 Å². The molecule has 0 aliphatic carbocycles. The topological polar surface area (TPSA) is 51.8 Å². The van der Waals surface area contributed by atoms with Gasteiger partial charge in [0.25, 0.3) is 5.89 Å². The number of rotatable bonds is 2. The minimum absolute atomic E-state index is 0.0330. The molecular formula is C10H9FN3O. The summed E-state index contributed by atoms with van der Waals surface area (Å²) in [5, 5.41) is 3.68. The highest BCUT2D eigenvalue weighted by Gasteiger charge is 2.26. The molecule has 0 aliphatic heterocycles. The van der Waals surface area contributed by atoms with Crippen LogP contribution in [0.5, 0.6) is 0 Å². The van der Waals surface area contributed by atoms with E-state index < -0.39 is 5.67 Å². The van der Waals surface area contributed by atoms with E-state index in [-0.39, 0.29) is 5.89 Å². The van der Waals surface area contributed by atoms with E-state index in [1.807, 2.05) is 0 Å². The van der Waals surface area contributed by atoms with E-state index in [4.69, 9.17) is 4.52 Å². The fraction of sp³-hybridized carbons (Fsp3) is 0.300. The molecule has 0 aliphatic rings. The summed E-state index contributed by atoms with van der Waals surface area (Å²) in [5.41, 5.74) is -0.925. The lowest BCUT2D eigenvalue weighted by Gasteiger charge is -2.05. The largest absolute Gasteiger partial charge is 0.335 e.